The van der Waals surface area contributed by atoms with Gasteiger partial charge in [0.15, 0.2) is 17.5 Å². The lowest BCUT2D eigenvalue weighted by molar-refractivity contribution is 0.669. The highest BCUT2D eigenvalue weighted by atomic mass is 32.1. The minimum absolute atomic E-state index is 0.572. The molecule has 4 aromatic heterocycles. The molecule has 0 saturated heterocycles. The molecule has 0 aliphatic rings. The monoisotopic (exact) mass is 796 g/mol. The van der Waals surface area contributed by atoms with Crippen LogP contribution in [0.25, 0.3) is 126 Å². The zero-order valence-corrected chi connectivity index (χ0v) is 33.4. The number of furan rings is 1. The van der Waals surface area contributed by atoms with E-state index in [0.717, 1.165) is 66.5 Å². The summed E-state index contributed by atoms with van der Waals surface area (Å²) in [6.07, 6.45) is 0. The number of hydrogen-bond donors (Lipinski definition) is 0. The summed E-state index contributed by atoms with van der Waals surface area (Å²) >= 11 is 1.79. The molecule has 0 aliphatic heterocycles. The van der Waals surface area contributed by atoms with Crippen molar-refractivity contribution in [1.29, 1.82) is 0 Å². The third-order valence-electron chi connectivity index (χ3n) is 12.0. The van der Waals surface area contributed by atoms with Crippen molar-refractivity contribution in [2.24, 2.45) is 0 Å². The fourth-order valence-corrected chi connectivity index (χ4v) is 10.3. The van der Waals surface area contributed by atoms with Gasteiger partial charge in [-0.15, -0.1) is 11.3 Å². The zero-order valence-electron chi connectivity index (χ0n) is 32.6. The van der Waals surface area contributed by atoms with E-state index in [1.54, 1.807) is 11.3 Å². The smallest absolute Gasteiger partial charge is 0.166 e. The molecule has 0 unspecified atom stereocenters. The number of hydrogen-bond acceptors (Lipinski definition) is 5. The van der Waals surface area contributed by atoms with Crippen LogP contribution in [0.4, 0.5) is 0 Å². The fourth-order valence-electron chi connectivity index (χ4n) is 9.19. The van der Waals surface area contributed by atoms with Crippen molar-refractivity contribution in [2.45, 2.75) is 0 Å². The molecule has 0 radical (unpaired) electrons. The van der Waals surface area contributed by atoms with Crippen molar-refractivity contribution < 1.29 is 4.42 Å². The van der Waals surface area contributed by atoms with Crippen LogP contribution in [0.3, 0.4) is 0 Å². The largest absolute Gasteiger partial charge is 0.456 e. The second kappa shape index (κ2) is 13.3. The molecular weight excluding hydrogens is 765 g/mol. The molecule has 6 heteroatoms. The quantitative estimate of drug-likeness (QED) is 0.174. The van der Waals surface area contributed by atoms with Gasteiger partial charge in [0.25, 0.3) is 0 Å². The third kappa shape index (κ3) is 5.36. The first-order chi connectivity index (χ1) is 30.2. The van der Waals surface area contributed by atoms with Crippen LogP contribution < -0.4 is 0 Å². The lowest BCUT2D eigenvalue weighted by Crippen LogP contribution is -2.04. The van der Waals surface area contributed by atoms with E-state index in [1.807, 2.05) is 18.2 Å². The minimum atomic E-state index is 0.572. The van der Waals surface area contributed by atoms with Gasteiger partial charge in [-0.05, 0) is 70.4 Å². The Balaban J connectivity index is 1.12. The maximum absolute atomic E-state index is 6.60. The van der Waals surface area contributed by atoms with E-state index in [4.69, 9.17) is 19.4 Å². The number of aromatic nitrogens is 4. The van der Waals surface area contributed by atoms with Gasteiger partial charge in [-0.2, -0.15) is 0 Å². The van der Waals surface area contributed by atoms with Crippen molar-refractivity contribution in [3.05, 3.63) is 194 Å². The average molecular weight is 797 g/mol. The molecule has 61 heavy (non-hydrogen) atoms. The van der Waals surface area contributed by atoms with Gasteiger partial charge in [0.1, 0.15) is 11.2 Å². The minimum Gasteiger partial charge on any atom is -0.456 e. The topological polar surface area (TPSA) is 56.7 Å². The molecular formula is C55H32N4OS. The normalized spacial score (nSPS) is 11.9. The highest BCUT2D eigenvalue weighted by Crippen LogP contribution is 2.44. The van der Waals surface area contributed by atoms with Gasteiger partial charge in [-0.25, -0.2) is 15.0 Å². The molecule has 284 valence electrons. The molecule has 0 aliphatic carbocycles. The second-order valence-corrected chi connectivity index (χ2v) is 16.6. The van der Waals surface area contributed by atoms with E-state index >= 15 is 0 Å². The third-order valence-corrected chi connectivity index (χ3v) is 13.2. The van der Waals surface area contributed by atoms with Crippen LogP contribution in [0.2, 0.25) is 0 Å². The summed E-state index contributed by atoms with van der Waals surface area (Å²) in [6, 6.07) is 68.5. The van der Waals surface area contributed by atoms with E-state index < -0.39 is 0 Å². The Morgan fingerprint density at radius 2 is 1.00 bits per heavy atom. The molecule has 9 aromatic carbocycles. The summed E-state index contributed by atoms with van der Waals surface area (Å²) < 4.78 is 11.4. The van der Waals surface area contributed by atoms with Crippen LogP contribution in [0.15, 0.2) is 199 Å². The van der Waals surface area contributed by atoms with Gasteiger partial charge in [0, 0.05) is 52.8 Å². The van der Waals surface area contributed by atoms with Crippen LogP contribution in [0.1, 0.15) is 0 Å². The van der Waals surface area contributed by atoms with Crippen LogP contribution in [0, 0.1) is 0 Å². The van der Waals surface area contributed by atoms with Crippen molar-refractivity contribution in [1.82, 2.24) is 19.5 Å². The predicted molar refractivity (Wildman–Crippen MR) is 254 cm³/mol. The molecule has 0 N–H and O–H groups in total. The summed E-state index contributed by atoms with van der Waals surface area (Å²) in [4.78, 5) is 16.2. The molecule has 0 amide bonds. The van der Waals surface area contributed by atoms with E-state index in [2.05, 4.69) is 180 Å². The number of thiophene rings is 1. The Bertz CT molecular complexity index is 3880. The number of fused-ring (bicyclic) bond motifs is 10. The second-order valence-electron chi connectivity index (χ2n) is 15.6. The Hall–Kier alpha value is -7.93. The number of rotatable bonds is 5. The highest BCUT2D eigenvalue weighted by Gasteiger charge is 2.25. The van der Waals surface area contributed by atoms with Crippen LogP contribution >= 0.6 is 11.3 Å². The highest BCUT2D eigenvalue weighted by molar-refractivity contribution is 7.25. The Kier molecular flexibility index (Phi) is 7.41. The maximum atomic E-state index is 6.60. The van der Waals surface area contributed by atoms with E-state index in [9.17, 15) is 0 Å². The van der Waals surface area contributed by atoms with E-state index in [0.29, 0.717) is 17.5 Å². The van der Waals surface area contributed by atoms with Crippen molar-refractivity contribution in [2.75, 3.05) is 0 Å². The fraction of sp³-hybridized carbons (Fsp3) is 0. The average Bonchev–Trinajstić information content (AvgIpc) is 4.00. The summed E-state index contributed by atoms with van der Waals surface area (Å²) in [6.45, 7) is 0. The standard InChI is InChI=1S/C55H32N4OS/c1-2-12-33(13-3-1)34-22-24-35(25-23-34)53-56-54(38-26-27-41-40-17-8-11-21-49(40)61-50(41)32-38)58-55(57-53)52-45(28-29-48-51(52)42-18-7-10-20-47(42)60-48)59-44-19-9-6-16-39(44)43-30-36-14-4-5-15-37(36)31-46(43)59/h1-32H. The number of nitrogens with zero attached hydrogens (tertiary/aromatic N) is 4. The first kappa shape index (κ1) is 34.0. The molecule has 13 aromatic rings. The number of benzene rings is 9. The predicted octanol–water partition coefficient (Wildman–Crippen LogP) is 15.1. The van der Waals surface area contributed by atoms with Crippen molar-refractivity contribution >= 4 is 86.0 Å². The summed E-state index contributed by atoms with van der Waals surface area (Å²) in [5.41, 5.74) is 9.75. The van der Waals surface area contributed by atoms with Crippen LogP contribution in [-0.2, 0) is 0 Å². The molecule has 0 bridgehead atoms. The van der Waals surface area contributed by atoms with Gasteiger partial charge in [-0.1, -0.05) is 146 Å². The molecule has 0 atom stereocenters. The van der Waals surface area contributed by atoms with Crippen molar-refractivity contribution in [3.63, 3.8) is 0 Å². The van der Waals surface area contributed by atoms with Crippen LogP contribution in [-0.4, -0.2) is 19.5 Å². The summed E-state index contributed by atoms with van der Waals surface area (Å²) in [5.74, 6) is 1.78. The summed E-state index contributed by atoms with van der Waals surface area (Å²) in [7, 11) is 0. The lowest BCUT2D eigenvalue weighted by atomic mass is 10.0. The summed E-state index contributed by atoms with van der Waals surface area (Å²) in [5, 5.41) is 9.19. The van der Waals surface area contributed by atoms with Gasteiger partial charge >= 0.3 is 0 Å². The first-order valence-corrected chi connectivity index (χ1v) is 21.2. The molecule has 13 rings (SSSR count). The van der Waals surface area contributed by atoms with Gasteiger partial charge < -0.3 is 8.98 Å². The zero-order chi connectivity index (χ0) is 40.0. The maximum Gasteiger partial charge on any atom is 0.166 e. The van der Waals surface area contributed by atoms with Crippen LogP contribution in [0.5, 0.6) is 0 Å². The molecule has 0 fully saturated rings. The Labute approximate surface area is 353 Å². The van der Waals surface area contributed by atoms with Gasteiger partial charge in [0.2, 0.25) is 0 Å². The Morgan fingerprint density at radius 1 is 0.377 bits per heavy atom. The van der Waals surface area contributed by atoms with Crippen molar-refractivity contribution in [3.8, 4) is 51.0 Å². The molecule has 0 saturated carbocycles. The molecule has 4 heterocycles. The van der Waals surface area contributed by atoms with Gasteiger partial charge in [0.05, 0.1) is 22.3 Å². The lowest BCUT2D eigenvalue weighted by Gasteiger charge is -2.16. The molecule has 5 nitrogen and oxygen atoms in total. The first-order valence-electron chi connectivity index (χ1n) is 20.4. The van der Waals surface area contributed by atoms with E-state index in [-0.39, 0.29) is 0 Å². The SMILES string of the molecule is c1ccc(-c2ccc(-c3nc(-c4ccc5c(c4)sc4ccccc45)nc(-c4c(-n5c6ccccc6c6cc7ccccc7cc65)ccc5oc6ccccc6c45)n3)cc2)cc1. The van der Waals surface area contributed by atoms with E-state index in [1.165, 1.54) is 41.7 Å². The number of para-hydroxylation sites is 2. The Morgan fingerprint density at radius 3 is 1.85 bits per heavy atom. The molecule has 0 spiro atoms. The van der Waals surface area contributed by atoms with Gasteiger partial charge in [-0.3, -0.25) is 0 Å².